The normalized spacial score (nSPS) is 17.7. The molecule has 3 rings (SSSR count). The van der Waals surface area contributed by atoms with E-state index in [9.17, 15) is 4.79 Å². The first-order valence-electron chi connectivity index (χ1n) is 8.78. The molecule has 1 aliphatic heterocycles. The third-order valence-electron chi connectivity index (χ3n) is 4.97. The van der Waals surface area contributed by atoms with Crippen molar-refractivity contribution >= 4 is 35.2 Å². The van der Waals surface area contributed by atoms with Gasteiger partial charge in [-0.15, -0.1) is 0 Å². The Morgan fingerprint density at radius 2 is 1.69 bits per heavy atom. The van der Waals surface area contributed by atoms with Crippen LogP contribution < -0.4 is 10.6 Å². The van der Waals surface area contributed by atoms with Gasteiger partial charge in [-0.05, 0) is 23.8 Å². The van der Waals surface area contributed by atoms with Gasteiger partial charge in [0.05, 0.1) is 10.0 Å². The lowest BCUT2D eigenvalue weighted by Crippen LogP contribution is -2.50. The highest BCUT2D eigenvalue weighted by Crippen LogP contribution is 2.31. The van der Waals surface area contributed by atoms with E-state index >= 15 is 0 Å². The molecule has 1 saturated heterocycles. The summed E-state index contributed by atoms with van der Waals surface area (Å²) in [7, 11) is 0. The van der Waals surface area contributed by atoms with Crippen LogP contribution in [0.25, 0.3) is 0 Å². The van der Waals surface area contributed by atoms with Crippen molar-refractivity contribution < 1.29 is 4.79 Å². The van der Waals surface area contributed by atoms with E-state index < -0.39 is 0 Å². The van der Waals surface area contributed by atoms with E-state index in [1.165, 1.54) is 0 Å². The standard InChI is InChI=1S/C20H23Cl2N3O/c21-18-7-6-17(12-19(18)22)24-8-10-25(11-9-24)20(16(13-23)14-26)15-4-2-1-3-5-15/h1-7,12,14,16,20H,8-11,13,23H2. The van der Waals surface area contributed by atoms with Crippen molar-refractivity contribution in [2.75, 3.05) is 37.6 Å². The van der Waals surface area contributed by atoms with E-state index in [2.05, 4.69) is 21.9 Å². The van der Waals surface area contributed by atoms with Crippen molar-refractivity contribution in [1.29, 1.82) is 0 Å². The van der Waals surface area contributed by atoms with E-state index in [4.69, 9.17) is 28.9 Å². The van der Waals surface area contributed by atoms with E-state index in [0.29, 0.717) is 16.6 Å². The molecule has 4 nitrogen and oxygen atoms in total. The van der Waals surface area contributed by atoms with Gasteiger partial charge >= 0.3 is 0 Å². The maximum Gasteiger partial charge on any atom is 0.126 e. The first-order valence-corrected chi connectivity index (χ1v) is 9.54. The van der Waals surface area contributed by atoms with Crippen molar-refractivity contribution in [3.05, 3.63) is 64.1 Å². The molecule has 2 atom stereocenters. The number of piperazine rings is 1. The molecule has 1 heterocycles. The van der Waals surface area contributed by atoms with Gasteiger partial charge < -0.3 is 15.4 Å². The highest BCUT2D eigenvalue weighted by molar-refractivity contribution is 6.42. The first-order chi connectivity index (χ1) is 12.6. The lowest BCUT2D eigenvalue weighted by molar-refractivity contribution is -0.113. The lowest BCUT2D eigenvalue weighted by atomic mass is 9.92. The molecule has 2 unspecified atom stereocenters. The van der Waals surface area contributed by atoms with Gasteiger partial charge in [-0.1, -0.05) is 53.5 Å². The highest BCUT2D eigenvalue weighted by Gasteiger charge is 2.30. The Balaban J connectivity index is 1.75. The maximum atomic E-state index is 11.6. The van der Waals surface area contributed by atoms with Crippen LogP contribution in [0, 0.1) is 5.92 Å². The van der Waals surface area contributed by atoms with Crippen LogP contribution in [0.5, 0.6) is 0 Å². The molecule has 2 aromatic rings. The van der Waals surface area contributed by atoms with Crippen LogP contribution in [0.3, 0.4) is 0 Å². The molecular formula is C20H23Cl2N3O. The maximum absolute atomic E-state index is 11.6. The number of anilines is 1. The molecule has 0 aliphatic carbocycles. The molecule has 26 heavy (non-hydrogen) atoms. The van der Waals surface area contributed by atoms with Crippen LogP contribution in [-0.2, 0) is 4.79 Å². The molecule has 6 heteroatoms. The van der Waals surface area contributed by atoms with Crippen LogP contribution in [0.1, 0.15) is 11.6 Å². The molecular weight excluding hydrogens is 369 g/mol. The number of hydrogen-bond donors (Lipinski definition) is 1. The number of benzene rings is 2. The van der Waals surface area contributed by atoms with Gasteiger partial charge in [0.1, 0.15) is 6.29 Å². The third kappa shape index (κ3) is 4.21. The molecule has 0 spiro atoms. The smallest absolute Gasteiger partial charge is 0.126 e. The average Bonchev–Trinajstić information content (AvgIpc) is 2.69. The molecule has 2 aromatic carbocycles. The van der Waals surface area contributed by atoms with Gasteiger partial charge in [0.25, 0.3) is 0 Å². The number of carbonyl (C=O) groups is 1. The van der Waals surface area contributed by atoms with E-state index in [1.807, 2.05) is 36.4 Å². The number of carbonyl (C=O) groups excluding carboxylic acids is 1. The predicted octanol–water partition coefficient (Wildman–Crippen LogP) is 3.63. The zero-order valence-electron chi connectivity index (χ0n) is 14.5. The zero-order chi connectivity index (χ0) is 18.5. The summed E-state index contributed by atoms with van der Waals surface area (Å²) in [5.41, 5.74) is 8.09. The molecule has 1 fully saturated rings. The summed E-state index contributed by atoms with van der Waals surface area (Å²) < 4.78 is 0. The van der Waals surface area contributed by atoms with Crippen molar-refractivity contribution in [3.63, 3.8) is 0 Å². The number of hydrogen-bond acceptors (Lipinski definition) is 4. The second kappa shape index (κ2) is 8.87. The molecule has 0 radical (unpaired) electrons. The fourth-order valence-electron chi connectivity index (χ4n) is 3.58. The molecule has 0 aromatic heterocycles. The minimum Gasteiger partial charge on any atom is -0.369 e. The quantitative estimate of drug-likeness (QED) is 0.763. The largest absolute Gasteiger partial charge is 0.369 e. The SMILES string of the molecule is NCC(C=O)C(c1ccccc1)N1CCN(c2ccc(Cl)c(Cl)c2)CC1. The van der Waals surface area contributed by atoms with E-state index in [1.54, 1.807) is 0 Å². The molecule has 0 amide bonds. The van der Waals surface area contributed by atoms with E-state index in [0.717, 1.165) is 43.7 Å². The monoisotopic (exact) mass is 391 g/mol. The van der Waals surface area contributed by atoms with Gasteiger partial charge in [-0.2, -0.15) is 0 Å². The molecule has 1 aliphatic rings. The van der Waals surface area contributed by atoms with Gasteiger partial charge in [0, 0.05) is 50.4 Å². The summed E-state index contributed by atoms with van der Waals surface area (Å²) in [5.74, 6) is -0.214. The Bertz CT molecular complexity index is 733. The van der Waals surface area contributed by atoms with Crippen molar-refractivity contribution in [3.8, 4) is 0 Å². The van der Waals surface area contributed by atoms with Crippen LogP contribution in [0.2, 0.25) is 10.0 Å². The number of halogens is 2. The van der Waals surface area contributed by atoms with Gasteiger partial charge in [-0.25, -0.2) is 0 Å². The van der Waals surface area contributed by atoms with Crippen LogP contribution in [0.4, 0.5) is 5.69 Å². The van der Waals surface area contributed by atoms with Gasteiger partial charge in [0.15, 0.2) is 0 Å². The second-order valence-corrected chi connectivity index (χ2v) is 7.33. The minimum atomic E-state index is -0.214. The highest BCUT2D eigenvalue weighted by atomic mass is 35.5. The number of aldehydes is 1. The van der Waals surface area contributed by atoms with Crippen molar-refractivity contribution in [2.24, 2.45) is 11.7 Å². The van der Waals surface area contributed by atoms with E-state index in [-0.39, 0.29) is 12.0 Å². The minimum absolute atomic E-state index is 0.00894. The molecule has 0 saturated carbocycles. The fraction of sp³-hybridized carbons (Fsp3) is 0.350. The Hall–Kier alpha value is -1.59. The number of nitrogens with two attached hydrogens (primary N) is 1. The topological polar surface area (TPSA) is 49.6 Å². The summed E-state index contributed by atoms with van der Waals surface area (Å²) in [5, 5.41) is 1.13. The first kappa shape index (κ1) is 19.2. The Morgan fingerprint density at radius 3 is 2.27 bits per heavy atom. The Kier molecular flexibility index (Phi) is 6.54. The number of rotatable bonds is 6. The summed E-state index contributed by atoms with van der Waals surface area (Å²) in [6.45, 7) is 3.76. The molecule has 2 N–H and O–H groups in total. The second-order valence-electron chi connectivity index (χ2n) is 6.51. The average molecular weight is 392 g/mol. The van der Waals surface area contributed by atoms with Gasteiger partial charge in [-0.3, -0.25) is 4.90 Å². The molecule has 138 valence electrons. The fourth-order valence-corrected chi connectivity index (χ4v) is 3.87. The predicted molar refractivity (Wildman–Crippen MR) is 108 cm³/mol. The van der Waals surface area contributed by atoms with Gasteiger partial charge in [0.2, 0.25) is 0 Å². The van der Waals surface area contributed by atoms with Crippen molar-refractivity contribution in [2.45, 2.75) is 6.04 Å². The van der Waals surface area contributed by atoms with Crippen molar-refractivity contribution in [1.82, 2.24) is 4.90 Å². The Morgan fingerprint density at radius 1 is 1.00 bits per heavy atom. The van der Waals surface area contributed by atoms with Crippen LogP contribution in [0.15, 0.2) is 48.5 Å². The number of nitrogens with zero attached hydrogens (tertiary/aromatic N) is 2. The summed E-state index contributed by atoms with van der Waals surface area (Å²) in [6, 6.07) is 15.9. The van der Waals surface area contributed by atoms with Crippen LogP contribution >= 0.6 is 23.2 Å². The third-order valence-corrected chi connectivity index (χ3v) is 5.71. The lowest BCUT2D eigenvalue weighted by Gasteiger charge is -2.42. The summed E-state index contributed by atoms with van der Waals surface area (Å²) in [6.07, 6.45) is 0.989. The summed E-state index contributed by atoms with van der Waals surface area (Å²) in [4.78, 5) is 16.3. The Labute approximate surface area is 164 Å². The summed E-state index contributed by atoms with van der Waals surface area (Å²) >= 11 is 12.2. The zero-order valence-corrected chi connectivity index (χ0v) is 16.0. The molecule has 0 bridgehead atoms. The van der Waals surface area contributed by atoms with Crippen LogP contribution in [-0.4, -0.2) is 43.9 Å².